The Labute approximate surface area is 80.6 Å². The van der Waals surface area contributed by atoms with Gasteiger partial charge in [0.25, 0.3) is 0 Å². The van der Waals surface area contributed by atoms with Gasteiger partial charge in [-0.2, -0.15) is 0 Å². The number of para-hydroxylation sites is 1. The highest BCUT2D eigenvalue weighted by atomic mass is 16.4. The zero-order valence-corrected chi connectivity index (χ0v) is 7.78. The summed E-state index contributed by atoms with van der Waals surface area (Å²) in [7, 11) is 0. The van der Waals surface area contributed by atoms with Crippen molar-refractivity contribution in [2.24, 2.45) is 0 Å². The summed E-state index contributed by atoms with van der Waals surface area (Å²) < 4.78 is 5.10. The van der Waals surface area contributed by atoms with E-state index in [1.165, 1.54) is 0 Å². The maximum Gasteiger partial charge on any atom is 0.341 e. The maximum atomic E-state index is 11.3. The van der Waals surface area contributed by atoms with Crippen LogP contribution in [0, 0.1) is 6.92 Å². The van der Waals surface area contributed by atoms with Crippen molar-refractivity contribution in [3.8, 4) is 0 Å². The molecule has 0 atom stereocenters. The van der Waals surface area contributed by atoms with Crippen LogP contribution in [-0.4, -0.2) is 5.11 Å². The monoisotopic (exact) mass is 190 g/mol. The van der Waals surface area contributed by atoms with E-state index in [2.05, 4.69) is 0 Å². The van der Waals surface area contributed by atoms with Crippen molar-refractivity contribution in [1.82, 2.24) is 0 Å². The van der Waals surface area contributed by atoms with Crippen LogP contribution >= 0.6 is 0 Å². The molecule has 2 rings (SSSR count). The molecule has 1 aromatic heterocycles. The molecule has 0 aliphatic rings. The van der Waals surface area contributed by atoms with E-state index in [0.717, 1.165) is 10.9 Å². The highest BCUT2D eigenvalue weighted by Gasteiger charge is 2.05. The molecule has 0 fully saturated rings. The van der Waals surface area contributed by atoms with Crippen LogP contribution in [0.5, 0.6) is 0 Å². The molecule has 1 aromatic carbocycles. The molecule has 2 aromatic rings. The second-order valence-electron chi connectivity index (χ2n) is 3.21. The SMILES string of the molecule is Cc1cccc2cc(CO)c(=O)oc12. The standard InChI is InChI=1S/C11H10O3/c1-7-3-2-4-8-5-9(6-12)11(13)14-10(7)8/h2-5,12H,6H2,1H3. The minimum atomic E-state index is -0.464. The van der Waals surface area contributed by atoms with Gasteiger partial charge in [0.15, 0.2) is 0 Å². The molecule has 3 heteroatoms. The zero-order valence-electron chi connectivity index (χ0n) is 7.78. The number of rotatable bonds is 1. The second-order valence-corrected chi connectivity index (χ2v) is 3.21. The van der Waals surface area contributed by atoms with E-state index in [-0.39, 0.29) is 6.61 Å². The fourth-order valence-corrected chi connectivity index (χ4v) is 1.44. The number of fused-ring (bicyclic) bond motifs is 1. The summed E-state index contributed by atoms with van der Waals surface area (Å²) >= 11 is 0. The minimum absolute atomic E-state index is 0.286. The average Bonchev–Trinajstić information content (AvgIpc) is 2.19. The lowest BCUT2D eigenvalue weighted by Crippen LogP contribution is -2.06. The van der Waals surface area contributed by atoms with Crippen molar-refractivity contribution >= 4 is 11.0 Å². The molecule has 0 saturated heterocycles. The number of benzene rings is 1. The van der Waals surface area contributed by atoms with Crippen molar-refractivity contribution in [2.75, 3.05) is 0 Å². The molecular weight excluding hydrogens is 180 g/mol. The molecule has 0 unspecified atom stereocenters. The van der Waals surface area contributed by atoms with Crippen LogP contribution in [0.4, 0.5) is 0 Å². The van der Waals surface area contributed by atoms with Gasteiger partial charge in [-0.15, -0.1) is 0 Å². The topological polar surface area (TPSA) is 50.4 Å². The molecule has 1 N–H and O–H groups in total. The van der Waals surface area contributed by atoms with Crippen molar-refractivity contribution in [3.05, 3.63) is 45.8 Å². The van der Waals surface area contributed by atoms with Crippen LogP contribution in [0.3, 0.4) is 0 Å². The average molecular weight is 190 g/mol. The van der Waals surface area contributed by atoms with Crippen LogP contribution in [-0.2, 0) is 6.61 Å². The number of aliphatic hydroxyl groups is 1. The molecule has 0 amide bonds. The van der Waals surface area contributed by atoms with E-state index < -0.39 is 5.63 Å². The summed E-state index contributed by atoms with van der Waals surface area (Å²) in [4.78, 5) is 11.3. The summed E-state index contributed by atoms with van der Waals surface area (Å²) in [6.07, 6.45) is 0. The van der Waals surface area contributed by atoms with Gasteiger partial charge in [0.1, 0.15) is 5.58 Å². The molecule has 0 spiro atoms. The van der Waals surface area contributed by atoms with Gasteiger partial charge in [-0.1, -0.05) is 18.2 Å². The first-order valence-electron chi connectivity index (χ1n) is 4.35. The van der Waals surface area contributed by atoms with Crippen LogP contribution in [0.1, 0.15) is 11.1 Å². The molecule has 72 valence electrons. The fraction of sp³-hybridized carbons (Fsp3) is 0.182. The third kappa shape index (κ3) is 1.32. The lowest BCUT2D eigenvalue weighted by molar-refractivity contribution is 0.276. The van der Waals surface area contributed by atoms with Gasteiger partial charge in [0.05, 0.1) is 12.2 Å². The van der Waals surface area contributed by atoms with Gasteiger partial charge >= 0.3 is 5.63 Å². The Kier molecular flexibility index (Phi) is 2.09. The smallest absolute Gasteiger partial charge is 0.341 e. The summed E-state index contributed by atoms with van der Waals surface area (Å²) in [5.41, 5.74) is 1.34. The zero-order chi connectivity index (χ0) is 10.1. The minimum Gasteiger partial charge on any atom is -0.422 e. The predicted molar refractivity (Wildman–Crippen MR) is 53.1 cm³/mol. The Morgan fingerprint density at radius 3 is 2.93 bits per heavy atom. The predicted octanol–water partition coefficient (Wildman–Crippen LogP) is 1.59. The van der Waals surface area contributed by atoms with Crippen molar-refractivity contribution < 1.29 is 9.52 Å². The Balaban J connectivity index is 2.86. The van der Waals surface area contributed by atoms with Gasteiger partial charge in [-0.05, 0) is 18.6 Å². The summed E-state index contributed by atoms with van der Waals surface area (Å²) in [5.74, 6) is 0. The Bertz CT molecular complexity index is 526. The van der Waals surface area contributed by atoms with E-state index in [1.54, 1.807) is 6.07 Å². The van der Waals surface area contributed by atoms with E-state index in [9.17, 15) is 4.79 Å². The Morgan fingerprint density at radius 1 is 1.43 bits per heavy atom. The van der Waals surface area contributed by atoms with E-state index >= 15 is 0 Å². The third-order valence-corrected chi connectivity index (χ3v) is 2.20. The molecule has 1 heterocycles. The molecule has 3 nitrogen and oxygen atoms in total. The van der Waals surface area contributed by atoms with E-state index in [0.29, 0.717) is 11.1 Å². The fourth-order valence-electron chi connectivity index (χ4n) is 1.44. The summed E-state index contributed by atoms with van der Waals surface area (Å²) in [6, 6.07) is 7.28. The first kappa shape index (κ1) is 8.97. The van der Waals surface area contributed by atoms with Crippen LogP contribution in [0.25, 0.3) is 11.0 Å². The summed E-state index contributed by atoms with van der Waals surface area (Å²) in [6.45, 7) is 1.59. The highest BCUT2D eigenvalue weighted by molar-refractivity contribution is 5.79. The highest BCUT2D eigenvalue weighted by Crippen LogP contribution is 2.16. The van der Waals surface area contributed by atoms with Crippen molar-refractivity contribution in [1.29, 1.82) is 0 Å². The van der Waals surface area contributed by atoms with Crippen molar-refractivity contribution in [2.45, 2.75) is 13.5 Å². The van der Waals surface area contributed by atoms with Gasteiger partial charge < -0.3 is 9.52 Å². The number of aliphatic hydroxyl groups excluding tert-OH is 1. The second kappa shape index (κ2) is 3.27. The first-order chi connectivity index (χ1) is 6.72. The lowest BCUT2D eigenvalue weighted by atomic mass is 10.1. The largest absolute Gasteiger partial charge is 0.422 e. The van der Waals surface area contributed by atoms with Crippen LogP contribution in [0.2, 0.25) is 0 Å². The number of hydrogen-bond acceptors (Lipinski definition) is 3. The molecular formula is C11H10O3. The van der Waals surface area contributed by atoms with Crippen molar-refractivity contribution in [3.63, 3.8) is 0 Å². The quantitative estimate of drug-likeness (QED) is 0.695. The summed E-state index contributed by atoms with van der Waals surface area (Å²) in [5, 5.41) is 9.73. The first-order valence-corrected chi connectivity index (χ1v) is 4.35. The van der Waals surface area contributed by atoms with E-state index in [4.69, 9.17) is 9.52 Å². The number of hydrogen-bond donors (Lipinski definition) is 1. The number of aryl methyl sites for hydroxylation is 1. The van der Waals surface area contributed by atoms with Gasteiger partial charge in [0.2, 0.25) is 0 Å². The Morgan fingerprint density at radius 2 is 2.21 bits per heavy atom. The van der Waals surface area contributed by atoms with Gasteiger partial charge in [0, 0.05) is 5.39 Å². The normalized spacial score (nSPS) is 10.7. The molecule has 0 radical (unpaired) electrons. The molecule has 0 bridgehead atoms. The lowest BCUT2D eigenvalue weighted by Gasteiger charge is -2.01. The maximum absolute atomic E-state index is 11.3. The molecule has 14 heavy (non-hydrogen) atoms. The van der Waals surface area contributed by atoms with Gasteiger partial charge in [-0.3, -0.25) is 0 Å². The van der Waals surface area contributed by atoms with E-state index in [1.807, 2.05) is 25.1 Å². The van der Waals surface area contributed by atoms with Crippen LogP contribution in [0.15, 0.2) is 33.5 Å². The Hall–Kier alpha value is -1.61. The van der Waals surface area contributed by atoms with Gasteiger partial charge in [-0.25, -0.2) is 4.79 Å². The molecule has 0 saturated carbocycles. The van der Waals surface area contributed by atoms with Crippen LogP contribution < -0.4 is 5.63 Å². The third-order valence-electron chi connectivity index (χ3n) is 2.20. The molecule has 0 aliphatic carbocycles. The molecule has 0 aliphatic heterocycles.